The molecule has 0 bridgehead atoms. The summed E-state index contributed by atoms with van der Waals surface area (Å²) in [6, 6.07) is 7.25. The lowest BCUT2D eigenvalue weighted by atomic mass is 10.2. The van der Waals surface area contributed by atoms with Crippen LogP contribution in [-0.2, 0) is 0 Å². The largest absolute Gasteiger partial charge is 0.478 e. The van der Waals surface area contributed by atoms with Crippen LogP contribution in [0.3, 0.4) is 0 Å². The third kappa shape index (κ3) is 2.06. The molecule has 1 N–H and O–H groups in total. The number of hydrogen-bond donors (Lipinski definition) is 1. The second-order valence-corrected chi connectivity index (χ2v) is 4.33. The summed E-state index contributed by atoms with van der Waals surface area (Å²) in [6.07, 6.45) is 1.74. The van der Waals surface area contributed by atoms with Gasteiger partial charge in [-0.25, -0.2) is 4.79 Å². The van der Waals surface area contributed by atoms with Gasteiger partial charge in [0.2, 0.25) is 0 Å². The van der Waals surface area contributed by atoms with E-state index in [9.17, 15) is 4.79 Å². The highest BCUT2D eigenvalue weighted by Gasteiger charge is 2.12. The summed E-state index contributed by atoms with van der Waals surface area (Å²) in [5.41, 5.74) is 2.86. The van der Waals surface area contributed by atoms with Gasteiger partial charge in [-0.15, -0.1) is 0 Å². The summed E-state index contributed by atoms with van der Waals surface area (Å²) in [4.78, 5) is 10.9. The van der Waals surface area contributed by atoms with Crippen molar-refractivity contribution in [3.8, 4) is 5.69 Å². The normalized spacial score (nSPS) is 10.5. The molecule has 88 valence electrons. The van der Waals surface area contributed by atoms with Gasteiger partial charge in [0, 0.05) is 22.6 Å². The standard InChI is InChI=1S/C13H12ClNO2/c1-8-3-4-10(7-12(8)14)15-6-5-11(9(15)2)13(16)17/h3-7H,1-2H3,(H,16,17). The number of hydrogen-bond acceptors (Lipinski definition) is 1. The maximum Gasteiger partial charge on any atom is 0.337 e. The van der Waals surface area contributed by atoms with E-state index in [1.54, 1.807) is 19.2 Å². The highest BCUT2D eigenvalue weighted by Crippen LogP contribution is 2.22. The van der Waals surface area contributed by atoms with Crippen LogP contribution in [0, 0.1) is 13.8 Å². The van der Waals surface area contributed by atoms with Crippen LogP contribution in [0.4, 0.5) is 0 Å². The lowest BCUT2D eigenvalue weighted by molar-refractivity contribution is 0.0696. The highest BCUT2D eigenvalue weighted by molar-refractivity contribution is 6.31. The van der Waals surface area contributed by atoms with Crippen molar-refractivity contribution in [3.63, 3.8) is 0 Å². The molecule has 0 aliphatic carbocycles. The first-order valence-corrected chi connectivity index (χ1v) is 5.56. The van der Waals surface area contributed by atoms with Crippen LogP contribution in [0.2, 0.25) is 5.02 Å². The van der Waals surface area contributed by atoms with Gasteiger partial charge in [0.05, 0.1) is 5.56 Å². The van der Waals surface area contributed by atoms with Crippen molar-refractivity contribution in [3.05, 3.63) is 52.3 Å². The molecule has 0 atom stereocenters. The van der Waals surface area contributed by atoms with Crippen molar-refractivity contribution >= 4 is 17.6 Å². The van der Waals surface area contributed by atoms with Crippen molar-refractivity contribution < 1.29 is 9.90 Å². The maximum atomic E-state index is 10.9. The van der Waals surface area contributed by atoms with Gasteiger partial charge >= 0.3 is 5.97 Å². The van der Waals surface area contributed by atoms with E-state index >= 15 is 0 Å². The molecule has 0 saturated heterocycles. The monoisotopic (exact) mass is 249 g/mol. The Morgan fingerprint density at radius 3 is 2.53 bits per heavy atom. The van der Waals surface area contributed by atoms with E-state index in [1.807, 2.05) is 29.7 Å². The van der Waals surface area contributed by atoms with E-state index in [1.165, 1.54) is 0 Å². The van der Waals surface area contributed by atoms with Gasteiger partial charge in [0.15, 0.2) is 0 Å². The molecule has 2 aromatic rings. The Morgan fingerprint density at radius 1 is 1.29 bits per heavy atom. The quantitative estimate of drug-likeness (QED) is 0.886. The first kappa shape index (κ1) is 11.7. The van der Waals surface area contributed by atoms with E-state index < -0.39 is 5.97 Å². The molecule has 0 unspecified atom stereocenters. The number of aryl methyl sites for hydroxylation is 1. The fraction of sp³-hybridized carbons (Fsp3) is 0.154. The molecule has 1 aromatic heterocycles. The second-order valence-electron chi connectivity index (χ2n) is 3.92. The number of aromatic carboxylic acids is 1. The number of carboxylic acid groups (broad SMARTS) is 1. The molecule has 1 aromatic carbocycles. The molecule has 0 aliphatic rings. The van der Waals surface area contributed by atoms with Crippen LogP contribution < -0.4 is 0 Å². The summed E-state index contributed by atoms with van der Waals surface area (Å²) in [5, 5.41) is 9.66. The zero-order valence-electron chi connectivity index (χ0n) is 9.57. The topological polar surface area (TPSA) is 42.2 Å². The van der Waals surface area contributed by atoms with Crippen molar-refractivity contribution in [2.45, 2.75) is 13.8 Å². The predicted molar refractivity (Wildman–Crippen MR) is 67.2 cm³/mol. The molecule has 3 nitrogen and oxygen atoms in total. The van der Waals surface area contributed by atoms with Crippen LogP contribution in [0.25, 0.3) is 5.69 Å². The summed E-state index contributed by atoms with van der Waals surface area (Å²) >= 11 is 6.06. The maximum absolute atomic E-state index is 10.9. The summed E-state index contributed by atoms with van der Waals surface area (Å²) in [7, 11) is 0. The Labute approximate surface area is 104 Å². The van der Waals surface area contributed by atoms with Gasteiger partial charge in [-0.2, -0.15) is 0 Å². The third-order valence-electron chi connectivity index (χ3n) is 2.81. The summed E-state index contributed by atoms with van der Waals surface area (Å²) in [5.74, 6) is -0.917. The lowest BCUT2D eigenvalue weighted by Crippen LogP contribution is -2.01. The molecule has 0 spiro atoms. The predicted octanol–water partition coefficient (Wildman–Crippen LogP) is 3.45. The molecule has 1 heterocycles. The van der Waals surface area contributed by atoms with Crippen LogP contribution in [-0.4, -0.2) is 15.6 Å². The Kier molecular flexibility index (Phi) is 2.94. The Morgan fingerprint density at radius 2 is 2.00 bits per heavy atom. The number of aromatic nitrogens is 1. The van der Waals surface area contributed by atoms with E-state index in [2.05, 4.69) is 0 Å². The zero-order chi connectivity index (χ0) is 12.6. The highest BCUT2D eigenvalue weighted by atomic mass is 35.5. The van der Waals surface area contributed by atoms with E-state index in [0.717, 1.165) is 11.3 Å². The molecular formula is C13H12ClNO2. The lowest BCUT2D eigenvalue weighted by Gasteiger charge is -2.08. The fourth-order valence-corrected chi connectivity index (χ4v) is 1.92. The molecule has 17 heavy (non-hydrogen) atoms. The minimum Gasteiger partial charge on any atom is -0.478 e. The number of carboxylic acids is 1. The second kappa shape index (κ2) is 4.26. The van der Waals surface area contributed by atoms with Gasteiger partial charge in [-0.05, 0) is 37.6 Å². The van der Waals surface area contributed by atoms with Gasteiger partial charge < -0.3 is 9.67 Å². The molecule has 2 rings (SSSR count). The Balaban J connectivity index is 2.53. The summed E-state index contributed by atoms with van der Waals surface area (Å²) < 4.78 is 1.81. The molecule has 0 saturated carbocycles. The smallest absolute Gasteiger partial charge is 0.337 e. The van der Waals surface area contributed by atoms with Gasteiger partial charge in [-0.1, -0.05) is 17.7 Å². The van der Waals surface area contributed by atoms with Crippen molar-refractivity contribution in [1.82, 2.24) is 4.57 Å². The van der Waals surface area contributed by atoms with Crippen LogP contribution in [0.1, 0.15) is 21.6 Å². The molecular weight excluding hydrogens is 238 g/mol. The summed E-state index contributed by atoms with van der Waals surface area (Å²) in [6.45, 7) is 3.70. The molecule has 0 radical (unpaired) electrons. The first-order chi connectivity index (χ1) is 8.00. The van der Waals surface area contributed by atoms with E-state index in [-0.39, 0.29) is 0 Å². The minimum absolute atomic E-state index is 0.307. The van der Waals surface area contributed by atoms with Gasteiger partial charge in [0.1, 0.15) is 0 Å². The molecule has 4 heteroatoms. The fourth-order valence-electron chi connectivity index (χ4n) is 1.75. The van der Waals surface area contributed by atoms with Crippen LogP contribution in [0.15, 0.2) is 30.5 Å². The number of nitrogens with zero attached hydrogens (tertiary/aromatic N) is 1. The van der Waals surface area contributed by atoms with E-state index in [4.69, 9.17) is 16.7 Å². The third-order valence-corrected chi connectivity index (χ3v) is 3.21. The molecule has 0 amide bonds. The number of rotatable bonds is 2. The van der Waals surface area contributed by atoms with Gasteiger partial charge in [-0.3, -0.25) is 0 Å². The molecule has 0 fully saturated rings. The van der Waals surface area contributed by atoms with Gasteiger partial charge in [0.25, 0.3) is 0 Å². The number of benzene rings is 1. The Bertz CT molecular complexity index is 587. The first-order valence-electron chi connectivity index (χ1n) is 5.18. The SMILES string of the molecule is Cc1ccc(-n2ccc(C(=O)O)c2C)cc1Cl. The average molecular weight is 250 g/mol. The number of halogens is 1. The number of carbonyl (C=O) groups is 1. The average Bonchev–Trinajstić information content (AvgIpc) is 2.64. The zero-order valence-corrected chi connectivity index (χ0v) is 10.3. The minimum atomic E-state index is -0.917. The van der Waals surface area contributed by atoms with Crippen molar-refractivity contribution in [2.24, 2.45) is 0 Å². The Hall–Kier alpha value is -1.74. The van der Waals surface area contributed by atoms with Crippen molar-refractivity contribution in [2.75, 3.05) is 0 Å². The van der Waals surface area contributed by atoms with Crippen LogP contribution in [0.5, 0.6) is 0 Å². The van der Waals surface area contributed by atoms with Crippen LogP contribution >= 0.6 is 11.6 Å². The van der Waals surface area contributed by atoms with E-state index in [0.29, 0.717) is 16.3 Å². The van der Waals surface area contributed by atoms with Crippen molar-refractivity contribution in [1.29, 1.82) is 0 Å². The molecule has 0 aliphatic heterocycles.